The molecule has 1 unspecified atom stereocenters. The molecular formula is C39H59N5O6S2. The molecule has 2 bridgehead atoms. The molecule has 2 saturated heterocycles. The van der Waals surface area contributed by atoms with Crippen molar-refractivity contribution in [2.45, 2.75) is 83.7 Å². The maximum atomic E-state index is 13.3. The fraction of sp³-hybridized carbons (Fsp3) is 0.667. The summed E-state index contributed by atoms with van der Waals surface area (Å²) in [6, 6.07) is 12.0. The van der Waals surface area contributed by atoms with Crippen LogP contribution >= 0.6 is 21.6 Å². The van der Waals surface area contributed by atoms with Crippen LogP contribution in [0.4, 0.5) is 5.69 Å². The first-order valence-electron chi connectivity index (χ1n) is 18.7. The highest BCUT2D eigenvalue weighted by molar-refractivity contribution is 8.76. The van der Waals surface area contributed by atoms with E-state index in [0.29, 0.717) is 48.3 Å². The van der Waals surface area contributed by atoms with Crippen molar-refractivity contribution in [1.29, 1.82) is 0 Å². The minimum Gasteiger partial charge on any atom is -0.496 e. The lowest BCUT2D eigenvalue weighted by Gasteiger charge is -2.62. The number of epoxide rings is 1. The first kappa shape index (κ1) is 39.6. The van der Waals surface area contributed by atoms with Crippen LogP contribution in [0.2, 0.25) is 0 Å². The molecule has 288 valence electrons. The molecule has 1 amide bonds. The third-order valence-electron chi connectivity index (χ3n) is 12.1. The van der Waals surface area contributed by atoms with Crippen molar-refractivity contribution < 1.29 is 29.3 Å². The number of hydroxylamine groups is 2. The maximum absolute atomic E-state index is 13.3. The van der Waals surface area contributed by atoms with Crippen LogP contribution in [0.1, 0.15) is 56.5 Å². The average molecular weight is 758 g/mol. The number of amides is 1. The van der Waals surface area contributed by atoms with Crippen molar-refractivity contribution in [2.75, 3.05) is 57.3 Å². The van der Waals surface area contributed by atoms with Gasteiger partial charge in [-0.1, -0.05) is 60.6 Å². The van der Waals surface area contributed by atoms with Gasteiger partial charge in [-0.25, -0.2) is 0 Å². The van der Waals surface area contributed by atoms with Crippen molar-refractivity contribution in [3.63, 3.8) is 0 Å². The summed E-state index contributed by atoms with van der Waals surface area (Å²) in [7, 11) is 8.99. The van der Waals surface area contributed by atoms with E-state index in [2.05, 4.69) is 37.5 Å². The highest BCUT2D eigenvalue weighted by Gasteiger charge is 2.61. The Morgan fingerprint density at radius 2 is 1.96 bits per heavy atom. The first-order valence-corrected chi connectivity index (χ1v) is 21.2. The molecular weight excluding hydrogens is 699 g/mol. The lowest BCUT2D eigenvalue weighted by Crippen LogP contribution is -2.60. The molecule has 7 rings (SSSR count). The highest BCUT2D eigenvalue weighted by Crippen LogP contribution is 2.61. The summed E-state index contributed by atoms with van der Waals surface area (Å²) < 4.78 is 12.5. The van der Waals surface area contributed by atoms with Gasteiger partial charge in [-0.05, 0) is 66.7 Å². The summed E-state index contributed by atoms with van der Waals surface area (Å²) in [5.41, 5.74) is 10.0. The Morgan fingerprint density at radius 1 is 1.19 bits per heavy atom. The molecule has 11 nitrogen and oxygen atoms in total. The zero-order valence-electron chi connectivity index (χ0n) is 31.7. The fourth-order valence-electron chi connectivity index (χ4n) is 9.08. The van der Waals surface area contributed by atoms with Gasteiger partial charge in [0, 0.05) is 73.0 Å². The standard InChI is InChI=1S/C39H59N5O6S2/c1-22-30-18-27(39(30,3)4)19-31(22)42-38-36(49-38)34-33(23(2)46)32(21-45)50-44(34)20-24-9-8-10-29(35(24)48-7)25-15-26(17-28(16-25)43(5)6)37(47)41-12-14-52-51-13-11-40/h8-10,15-17,22-23,27,30-34,36,38,42,45-46H,11-14,18-21,40H2,1-7H3,(H,41,47)/t22-,23-,27+,30-,31-,32-,33+,34-,36+,38?/m0/s1. The Hall–Kier alpha value is -2.07. The number of aliphatic hydroxyl groups is 2. The molecule has 0 spiro atoms. The molecule has 2 aliphatic heterocycles. The number of hydrogen-bond acceptors (Lipinski definition) is 12. The van der Waals surface area contributed by atoms with Crippen LogP contribution in [-0.4, -0.2) is 110 Å². The van der Waals surface area contributed by atoms with E-state index < -0.39 is 12.2 Å². The molecule has 0 aromatic heterocycles. The minimum atomic E-state index is -0.714. The highest BCUT2D eigenvalue weighted by atomic mass is 33.1. The van der Waals surface area contributed by atoms with E-state index in [-0.39, 0.29) is 36.8 Å². The predicted molar refractivity (Wildman–Crippen MR) is 210 cm³/mol. The van der Waals surface area contributed by atoms with Gasteiger partial charge in [0.1, 0.15) is 24.2 Å². The molecule has 13 heteroatoms. The largest absolute Gasteiger partial charge is 0.496 e. The van der Waals surface area contributed by atoms with Crippen LogP contribution in [-0.2, 0) is 16.1 Å². The second-order valence-corrected chi connectivity index (χ2v) is 18.5. The Balaban J connectivity index is 1.22. The minimum absolute atomic E-state index is 0.132. The van der Waals surface area contributed by atoms with E-state index in [1.165, 1.54) is 6.42 Å². The van der Waals surface area contributed by atoms with Gasteiger partial charge in [0.25, 0.3) is 5.91 Å². The smallest absolute Gasteiger partial charge is 0.251 e. The first-order chi connectivity index (χ1) is 24.9. The molecule has 0 radical (unpaired) electrons. The van der Waals surface area contributed by atoms with E-state index in [1.807, 2.05) is 54.4 Å². The number of methoxy groups -OCH3 is 1. The van der Waals surface area contributed by atoms with Crippen molar-refractivity contribution >= 4 is 33.2 Å². The third-order valence-corrected chi connectivity index (χ3v) is 14.6. The van der Waals surface area contributed by atoms with Crippen molar-refractivity contribution in [3.05, 3.63) is 47.5 Å². The SMILES string of the molecule is COc1c(CN2O[C@@H](CO)[C@@H]([C@H](C)O)[C@H]2[C@H]2OC2N[C@H]2C[C@H]3C[C@@H]([C@@H]2C)C3(C)C)cccc1-c1cc(C(=O)NCCSSCCN)cc(N(C)C)c1. The normalized spacial score (nSPS) is 31.2. The van der Waals surface area contributed by atoms with Crippen molar-refractivity contribution in [3.8, 4) is 16.9 Å². The summed E-state index contributed by atoms with van der Waals surface area (Å²) >= 11 is 0. The van der Waals surface area contributed by atoms with E-state index in [4.69, 9.17) is 20.0 Å². The third kappa shape index (κ3) is 8.13. The number of para-hydroxylation sites is 1. The molecule has 2 aromatic rings. The van der Waals surface area contributed by atoms with Crippen LogP contribution in [0.5, 0.6) is 5.75 Å². The van der Waals surface area contributed by atoms with E-state index in [9.17, 15) is 15.0 Å². The summed E-state index contributed by atoms with van der Waals surface area (Å²) in [5, 5.41) is 30.2. The average Bonchev–Trinajstić information content (AvgIpc) is 3.78. The van der Waals surface area contributed by atoms with E-state index >= 15 is 0 Å². The molecule has 5 fully saturated rings. The topological polar surface area (TPSA) is 145 Å². The predicted octanol–water partition coefficient (Wildman–Crippen LogP) is 4.36. The molecule has 10 atom stereocenters. The van der Waals surface area contributed by atoms with Crippen LogP contribution in [0, 0.1) is 29.1 Å². The monoisotopic (exact) mass is 757 g/mol. The number of nitrogens with two attached hydrogens (primary N) is 1. The number of rotatable bonds is 17. The number of anilines is 1. The van der Waals surface area contributed by atoms with Crippen LogP contribution < -0.4 is 26.0 Å². The van der Waals surface area contributed by atoms with Gasteiger partial charge in [0.2, 0.25) is 0 Å². The van der Waals surface area contributed by atoms with Gasteiger partial charge < -0.3 is 35.6 Å². The molecule has 5 aliphatic rings. The number of carbonyl (C=O) groups excluding carboxylic acids is 1. The van der Waals surface area contributed by atoms with Crippen molar-refractivity contribution in [2.24, 2.45) is 34.8 Å². The number of carbonyl (C=O) groups is 1. The number of hydrogen-bond donors (Lipinski definition) is 5. The zero-order valence-corrected chi connectivity index (χ0v) is 33.3. The lowest BCUT2D eigenvalue weighted by molar-refractivity contribution is -0.180. The summed E-state index contributed by atoms with van der Waals surface area (Å²) in [4.78, 5) is 21.7. The van der Waals surface area contributed by atoms with Crippen LogP contribution in [0.3, 0.4) is 0 Å². The van der Waals surface area contributed by atoms with Crippen molar-refractivity contribution in [1.82, 2.24) is 15.7 Å². The Kier molecular flexibility index (Phi) is 12.8. The van der Waals surface area contributed by atoms with Gasteiger partial charge in [-0.3, -0.25) is 14.9 Å². The quantitative estimate of drug-likeness (QED) is 0.0889. The van der Waals surface area contributed by atoms with Crippen LogP contribution in [0.25, 0.3) is 11.1 Å². The number of aliphatic hydroxyl groups excluding tert-OH is 2. The molecule has 3 saturated carbocycles. The number of fused-ring (bicyclic) bond motifs is 2. The van der Waals surface area contributed by atoms with Gasteiger partial charge in [-0.2, -0.15) is 5.06 Å². The Morgan fingerprint density at radius 3 is 2.62 bits per heavy atom. The Bertz CT molecular complexity index is 1550. The second-order valence-electron chi connectivity index (χ2n) is 15.8. The van der Waals surface area contributed by atoms with E-state index in [0.717, 1.165) is 52.1 Å². The second kappa shape index (κ2) is 16.7. The Labute approximate surface area is 317 Å². The van der Waals surface area contributed by atoms with Gasteiger partial charge in [-0.15, -0.1) is 0 Å². The number of nitrogens with one attached hydrogen (secondary N) is 2. The zero-order chi connectivity index (χ0) is 37.3. The number of ether oxygens (including phenoxy) is 2. The lowest BCUT2D eigenvalue weighted by atomic mass is 9.45. The van der Waals surface area contributed by atoms with Gasteiger partial charge in [0.05, 0.1) is 32.4 Å². The molecule has 52 heavy (non-hydrogen) atoms. The maximum Gasteiger partial charge on any atom is 0.251 e. The number of nitrogens with zero attached hydrogens (tertiary/aromatic N) is 2. The fourth-order valence-corrected chi connectivity index (χ4v) is 10.8. The van der Waals surface area contributed by atoms with E-state index in [1.54, 1.807) is 35.6 Å². The van der Waals surface area contributed by atoms with Crippen LogP contribution in [0.15, 0.2) is 36.4 Å². The molecule has 3 aliphatic carbocycles. The summed E-state index contributed by atoms with van der Waals surface area (Å²) in [5.74, 6) is 3.88. The molecule has 2 heterocycles. The molecule has 6 N–H and O–H groups in total. The van der Waals surface area contributed by atoms with Gasteiger partial charge in [0.15, 0.2) is 0 Å². The molecule has 2 aromatic carbocycles. The van der Waals surface area contributed by atoms with Gasteiger partial charge >= 0.3 is 0 Å². The number of benzene rings is 2. The summed E-state index contributed by atoms with van der Waals surface area (Å²) in [6.07, 6.45) is 0.848. The summed E-state index contributed by atoms with van der Waals surface area (Å²) in [6.45, 7) is 10.3.